The van der Waals surface area contributed by atoms with Crippen molar-refractivity contribution >= 4 is 29.2 Å². The molecular formula is C45H62N4O8. The number of esters is 1. The fourth-order valence-corrected chi connectivity index (χ4v) is 10.2. The number of ketones is 2. The van der Waals surface area contributed by atoms with Gasteiger partial charge in [-0.1, -0.05) is 52.8 Å². The number of Topliss-reactive ketones (excluding diaryl/α,β-unsaturated/α-hetero) is 2. The van der Waals surface area contributed by atoms with E-state index in [9.17, 15) is 29.4 Å². The number of ether oxygens (including phenoxy) is 2. The molecule has 2 unspecified atom stereocenters. The number of nitrogens with one attached hydrogen (secondary N) is 3. The van der Waals surface area contributed by atoms with Gasteiger partial charge in [-0.05, 0) is 83.1 Å². The number of amides is 1. The van der Waals surface area contributed by atoms with E-state index in [2.05, 4.69) is 22.9 Å². The Morgan fingerprint density at radius 2 is 1.72 bits per heavy atom. The Morgan fingerprint density at radius 3 is 2.42 bits per heavy atom. The molecule has 0 aromatic heterocycles. The normalized spacial score (nSPS) is 35.2. The van der Waals surface area contributed by atoms with E-state index in [-0.39, 0.29) is 93.8 Å². The number of hydrogen-bond donors (Lipinski definition) is 5. The molecular weight excluding hydrogens is 725 g/mol. The average molecular weight is 787 g/mol. The summed E-state index contributed by atoms with van der Waals surface area (Å²) < 4.78 is 12.0. The number of carbonyl (C=O) groups is 4. The molecule has 1 aromatic rings. The van der Waals surface area contributed by atoms with Crippen molar-refractivity contribution in [3.8, 4) is 11.5 Å². The molecule has 2 fully saturated rings. The summed E-state index contributed by atoms with van der Waals surface area (Å²) >= 11 is 0. The minimum Gasteiger partial charge on any atom is -0.507 e. The molecule has 6 rings (SSSR count). The second kappa shape index (κ2) is 16.9. The SMILES string of the molecule is CCOc1c(C)c(O)c2c3c1C(=O)CCC[C@@H](C)[C@@H](OC(C)=O)[C@H](C)[C@H](O)[C@H](C)C[C@@H](C)/C=C/C=C(/C)C(=O)NC(=C1N[C@@]4(N=C13)C(C)CC1CNC[C@@H]4C1)C2=O. The summed E-state index contributed by atoms with van der Waals surface area (Å²) in [6.07, 6.45) is 7.61. The molecule has 1 amide bonds. The monoisotopic (exact) mass is 786 g/mol. The molecule has 2 aliphatic carbocycles. The lowest BCUT2D eigenvalue weighted by molar-refractivity contribution is -0.156. The van der Waals surface area contributed by atoms with Crippen LogP contribution in [0.4, 0.5) is 0 Å². The van der Waals surface area contributed by atoms with Gasteiger partial charge in [0.15, 0.2) is 5.78 Å². The lowest BCUT2D eigenvalue weighted by atomic mass is 9.66. The number of aliphatic hydroxyl groups excluding tert-OH is 1. The molecule has 310 valence electrons. The predicted octanol–water partition coefficient (Wildman–Crippen LogP) is 6.07. The predicted molar refractivity (Wildman–Crippen MR) is 218 cm³/mol. The Balaban J connectivity index is 1.53. The quantitative estimate of drug-likeness (QED) is 0.226. The van der Waals surface area contributed by atoms with Crippen molar-refractivity contribution in [3.05, 3.63) is 57.4 Å². The van der Waals surface area contributed by atoms with Crippen LogP contribution in [0.3, 0.4) is 0 Å². The van der Waals surface area contributed by atoms with Gasteiger partial charge < -0.3 is 35.6 Å². The van der Waals surface area contributed by atoms with Crippen molar-refractivity contribution in [2.24, 2.45) is 46.4 Å². The molecule has 0 radical (unpaired) electrons. The number of rotatable bonds is 3. The Kier molecular flexibility index (Phi) is 12.5. The van der Waals surface area contributed by atoms with Gasteiger partial charge in [0.2, 0.25) is 5.78 Å². The van der Waals surface area contributed by atoms with Gasteiger partial charge >= 0.3 is 5.97 Å². The van der Waals surface area contributed by atoms with Gasteiger partial charge in [-0.25, -0.2) is 0 Å². The van der Waals surface area contributed by atoms with Crippen LogP contribution < -0.4 is 20.7 Å². The number of phenols is 1. The van der Waals surface area contributed by atoms with Crippen molar-refractivity contribution in [2.45, 2.75) is 119 Å². The van der Waals surface area contributed by atoms with Crippen molar-refractivity contribution in [1.29, 1.82) is 0 Å². The highest BCUT2D eigenvalue weighted by Gasteiger charge is 2.56. The van der Waals surface area contributed by atoms with E-state index in [4.69, 9.17) is 14.5 Å². The third-order valence-electron chi connectivity index (χ3n) is 13.2. The maximum Gasteiger partial charge on any atom is 0.302 e. The number of benzene rings is 1. The molecule has 1 saturated heterocycles. The number of allylic oxidation sites excluding steroid dienone is 5. The summed E-state index contributed by atoms with van der Waals surface area (Å²) in [5.74, 6) is -1.98. The Morgan fingerprint density at radius 1 is 0.982 bits per heavy atom. The Labute approximate surface area is 337 Å². The van der Waals surface area contributed by atoms with Crippen LogP contribution in [0.1, 0.15) is 126 Å². The van der Waals surface area contributed by atoms with E-state index >= 15 is 0 Å². The van der Waals surface area contributed by atoms with Crippen LogP contribution in [-0.2, 0) is 14.3 Å². The number of aliphatic imine (C=N–C) groups is 1. The molecule has 6 bridgehead atoms. The van der Waals surface area contributed by atoms with E-state index in [0.717, 1.165) is 19.4 Å². The van der Waals surface area contributed by atoms with E-state index in [1.165, 1.54) is 6.92 Å². The number of carbonyl (C=O) groups excluding carboxylic acids is 4. The first-order valence-electron chi connectivity index (χ1n) is 21.0. The first-order chi connectivity index (χ1) is 27.0. The smallest absolute Gasteiger partial charge is 0.302 e. The molecule has 3 heterocycles. The van der Waals surface area contributed by atoms with Gasteiger partial charge in [0, 0.05) is 54.3 Å². The fourth-order valence-electron chi connectivity index (χ4n) is 10.2. The number of fused-ring (bicyclic) bond motifs is 5. The highest BCUT2D eigenvalue weighted by atomic mass is 16.5. The zero-order chi connectivity index (χ0) is 41.5. The summed E-state index contributed by atoms with van der Waals surface area (Å²) in [6.45, 7) is 18.4. The fraction of sp³-hybridized carbons (Fsp3) is 0.622. The molecule has 10 atom stereocenters. The van der Waals surface area contributed by atoms with Crippen LogP contribution in [0.5, 0.6) is 11.5 Å². The number of phenolic OH excluding ortho intramolecular Hbond substituents is 1. The van der Waals surface area contributed by atoms with Gasteiger partial charge in [0.05, 0.1) is 35.2 Å². The van der Waals surface area contributed by atoms with Gasteiger partial charge in [0.1, 0.15) is 29.0 Å². The molecule has 1 spiro atoms. The van der Waals surface area contributed by atoms with Gasteiger partial charge in [0.25, 0.3) is 5.91 Å². The lowest BCUT2D eigenvalue weighted by Crippen LogP contribution is -2.61. The molecule has 12 heteroatoms. The highest BCUT2D eigenvalue weighted by molar-refractivity contribution is 6.34. The van der Waals surface area contributed by atoms with Gasteiger partial charge in [-0.2, -0.15) is 0 Å². The number of nitrogens with zero attached hydrogens (tertiary/aromatic N) is 1. The largest absolute Gasteiger partial charge is 0.507 e. The maximum absolute atomic E-state index is 14.9. The second-order valence-electron chi connectivity index (χ2n) is 17.5. The number of aliphatic hydroxyl groups is 1. The van der Waals surface area contributed by atoms with Gasteiger partial charge in [-0.3, -0.25) is 24.2 Å². The first kappa shape index (κ1) is 42.3. The van der Waals surface area contributed by atoms with E-state index in [0.29, 0.717) is 48.7 Å². The van der Waals surface area contributed by atoms with Crippen LogP contribution in [-0.4, -0.2) is 76.9 Å². The average Bonchev–Trinajstić information content (AvgIpc) is 3.57. The number of aromatic hydroxyl groups is 1. The lowest BCUT2D eigenvalue weighted by Gasteiger charge is -2.50. The van der Waals surface area contributed by atoms with Crippen LogP contribution in [0, 0.1) is 48.3 Å². The minimum atomic E-state index is -0.825. The van der Waals surface area contributed by atoms with Crippen LogP contribution >= 0.6 is 0 Å². The molecule has 3 aliphatic heterocycles. The Hall–Kier alpha value is -4.29. The molecule has 1 saturated carbocycles. The van der Waals surface area contributed by atoms with Gasteiger partial charge in [-0.15, -0.1) is 0 Å². The number of piperidine rings is 1. The second-order valence-corrected chi connectivity index (χ2v) is 17.5. The Bertz CT molecular complexity index is 1930. The summed E-state index contributed by atoms with van der Waals surface area (Å²) in [6, 6.07) is 0. The number of hydrogen-bond acceptors (Lipinski definition) is 11. The third-order valence-corrected chi connectivity index (χ3v) is 13.2. The summed E-state index contributed by atoms with van der Waals surface area (Å²) in [7, 11) is 0. The van der Waals surface area contributed by atoms with Crippen molar-refractivity contribution in [3.63, 3.8) is 0 Å². The van der Waals surface area contributed by atoms with E-state index in [1.807, 2.05) is 39.8 Å². The molecule has 12 nitrogen and oxygen atoms in total. The molecule has 1 aromatic carbocycles. The van der Waals surface area contributed by atoms with Crippen molar-refractivity contribution in [2.75, 3.05) is 19.7 Å². The first-order valence-corrected chi connectivity index (χ1v) is 21.0. The minimum absolute atomic E-state index is 0.0204. The molecule has 57 heavy (non-hydrogen) atoms. The van der Waals surface area contributed by atoms with Crippen LogP contribution in [0.15, 0.2) is 40.2 Å². The summed E-state index contributed by atoms with van der Waals surface area (Å²) in [5, 5.41) is 33.5. The zero-order valence-electron chi connectivity index (χ0n) is 35.1. The topological polar surface area (TPSA) is 176 Å². The molecule has 5 N–H and O–H groups in total. The van der Waals surface area contributed by atoms with Crippen molar-refractivity contribution in [1.82, 2.24) is 16.0 Å². The van der Waals surface area contributed by atoms with E-state index < -0.39 is 35.5 Å². The summed E-state index contributed by atoms with van der Waals surface area (Å²) in [4.78, 5) is 61.3. The van der Waals surface area contributed by atoms with Crippen molar-refractivity contribution < 1.29 is 38.9 Å². The third kappa shape index (κ3) is 7.96. The standard InChI is InChI=1S/C45H62N4O8/c1-10-56-43-28(8)40(53)35-34-33(43)32(51)16-12-14-23(3)42(57-29(9)50)27(7)39(52)25(5)17-22(2)13-11-15-24(4)44(55)47-38(41(35)54)37-36(34)48-45(49-37)26(6)18-30-19-31(45)21-46-20-30/h11,13,15,22-23,25-27,30-31,39,42,46,49,52-53H,10,12,14,16-21H2,1-9H3,(H,47,55)/b13-11+,24-15-/t22-,23+,25+,26?,27+,30?,31-,39+,42+,45-/m0/s1. The highest BCUT2D eigenvalue weighted by Crippen LogP contribution is 2.51. The maximum atomic E-state index is 14.9. The zero-order valence-corrected chi connectivity index (χ0v) is 35.1. The van der Waals surface area contributed by atoms with Crippen LogP contribution in [0.25, 0.3) is 0 Å². The molecule has 5 aliphatic rings. The van der Waals surface area contributed by atoms with Crippen LogP contribution in [0.2, 0.25) is 0 Å². The summed E-state index contributed by atoms with van der Waals surface area (Å²) in [5.41, 5.74) is 0.764. The van der Waals surface area contributed by atoms with E-state index in [1.54, 1.807) is 26.8 Å².